The Hall–Kier alpha value is -3.49. The summed E-state index contributed by atoms with van der Waals surface area (Å²) in [6.45, 7) is 6.36. The van der Waals surface area contributed by atoms with Gasteiger partial charge in [-0.3, -0.25) is 14.3 Å². The topological polar surface area (TPSA) is 115 Å². The zero-order chi connectivity index (χ0) is 23.4. The fourth-order valence-electron chi connectivity index (χ4n) is 4.45. The van der Waals surface area contributed by atoms with Crippen LogP contribution in [0.4, 0.5) is 5.82 Å². The van der Waals surface area contributed by atoms with Gasteiger partial charge in [-0.15, -0.1) is 0 Å². The molecule has 174 valence electrons. The van der Waals surface area contributed by atoms with Gasteiger partial charge < -0.3 is 15.2 Å². The second kappa shape index (κ2) is 9.97. The van der Waals surface area contributed by atoms with Gasteiger partial charge >= 0.3 is 0 Å². The van der Waals surface area contributed by atoms with Gasteiger partial charge in [0.25, 0.3) is 5.91 Å². The minimum Gasteiger partial charge on any atom is -0.361 e. The summed E-state index contributed by atoms with van der Waals surface area (Å²) in [7, 11) is 0. The Morgan fingerprint density at radius 2 is 1.97 bits per heavy atom. The lowest BCUT2D eigenvalue weighted by molar-refractivity contribution is -0.119. The molecule has 33 heavy (non-hydrogen) atoms. The van der Waals surface area contributed by atoms with Gasteiger partial charge in [-0.2, -0.15) is 5.10 Å². The number of rotatable bonds is 7. The number of pyridine rings is 1. The molecule has 0 bridgehead atoms. The fourth-order valence-corrected chi connectivity index (χ4v) is 4.45. The summed E-state index contributed by atoms with van der Waals surface area (Å²) >= 11 is 0. The molecule has 0 radical (unpaired) electrons. The Morgan fingerprint density at radius 3 is 2.58 bits per heavy atom. The average Bonchev–Trinajstić information content (AvgIpc) is 3.45. The lowest BCUT2D eigenvalue weighted by Crippen LogP contribution is -2.49. The molecule has 3 heterocycles. The van der Waals surface area contributed by atoms with E-state index in [4.69, 9.17) is 4.52 Å². The van der Waals surface area contributed by atoms with Crippen LogP contribution in [0, 0.1) is 19.8 Å². The highest BCUT2D eigenvalue weighted by atomic mass is 16.5. The quantitative estimate of drug-likeness (QED) is 0.564. The molecule has 2 N–H and O–H groups in total. The molecule has 4 rings (SSSR count). The van der Waals surface area contributed by atoms with E-state index in [1.54, 1.807) is 29.2 Å². The summed E-state index contributed by atoms with van der Waals surface area (Å²) in [5.74, 6) is 0.632. The summed E-state index contributed by atoms with van der Waals surface area (Å²) in [5, 5.41) is 14.1. The highest BCUT2D eigenvalue weighted by Gasteiger charge is 2.32. The number of amides is 2. The molecule has 0 spiro atoms. The second-order valence-corrected chi connectivity index (χ2v) is 8.53. The number of aryl methyl sites for hydroxylation is 3. The molecular formula is C24H30N6O3. The lowest BCUT2D eigenvalue weighted by atomic mass is 9.83. The summed E-state index contributed by atoms with van der Waals surface area (Å²) < 4.78 is 6.92. The number of nitrogens with one attached hydrogen (secondary N) is 2. The number of hydrogen-bond donors (Lipinski definition) is 2. The molecule has 1 aliphatic carbocycles. The molecule has 1 atom stereocenters. The standard InChI is InChI=1S/C24H30N6O3/c1-4-30-13-12-19(28-30)23(31)27-22(17-8-6-5-7-9-17)24(32)26-20-11-10-18(14-25-20)21-15(2)29-33-16(21)3/h10-14,17,22H,4-9H2,1-3H3,(H,27,31)(H,25,26,32)/t22-/m0/s1. The number of nitrogens with zero attached hydrogens (tertiary/aromatic N) is 4. The van der Waals surface area contributed by atoms with E-state index >= 15 is 0 Å². The highest BCUT2D eigenvalue weighted by Crippen LogP contribution is 2.29. The predicted molar refractivity (Wildman–Crippen MR) is 124 cm³/mol. The van der Waals surface area contributed by atoms with Gasteiger partial charge in [0.2, 0.25) is 5.91 Å². The molecule has 0 saturated heterocycles. The second-order valence-electron chi connectivity index (χ2n) is 8.53. The Bertz CT molecular complexity index is 1090. The number of carbonyl (C=O) groups excluding carboxylic acids is 2. The van der Waals surface area contributed by atoms with E-state index in [-0.39, 0.29) is 17.7 Å². The highest BCUT2D eigenvalue weighted by molar-refractivity contribution is 6.00. The molecule has 0 aromatic carbocycles. The van der Waals surface area contributed by atoms with Crippen molar-refractivity contribution in [3.05, 3.63) is 47.7 Å². The smallest absolute Gasteiger partial charge is 0.272 e. The van der Waals surface area contributed by atoms with Crippen LogP contribution in [-0.2, 0) is 11.3 Å². The predicted octanol–water partition coefficient (Wildman–Crippen LogP) is 3.89. The van der Waals surface area contributed by atoms with Gasteiger partial charge in [0.1, 0.15) is 23.3 Å². The first kappa shape index (κ1) is 22.7. The number of hydrogen-bond acceptors (Lipinski definition) is 6. The molecular weight excluding hydrogens is 420 g/mol. The van der Waals surface area contributed by atoms with E-state index in [1.807, 2.05) is 26.8 Å². The molecule has 1 aliphatic rings. The van der Waals surface area contributed by atoms with Crippen LogP contribution in [0.1, 0.15) is 61.0 Å². The van der Waals surface area contributed by atoms with Crippen LogP contribution in [0.2, 0.25) is 0 Å². The van der Waals surface area contributed by atoms with E-state index in [9.17, 15) is 9.59 Å². The third-order valence-corrected chi connectivity index (χ3v) is 6.22. The summed E-state index contributed by atoms with van der Waals surface area (Å²) in [6, 6.07) is 4.65. The van der Waals surface area contributed by atoms with Crippen LogP contribution in [0.25, 0.3) is 11.1 Å². The van der Waals surface area contributed by atoms with Crippen molar-refractivity contribution in [3.8, 4) is 11.1 Å². The molecule has 0 aliphatic heterocycles. The van der Waals surface area contributed by atoms with Crippen molar-refractivity contribution >= 4 is 17.6 Å². The minimum absolute atomic E-state index is 0.0811. The maximum atomic E-state index is 13.2. The Morgan fingerprint density at radius 1 is 1.18 bits per heavy atom. The van der Waals surface area contributed by atoms with Crippen LogP contribution >= 0.6 is 0 Å². The summed E-state index contributed by atoms with van der Waals surface area (Å²) in [5.41, 5.74) is 2.87. The third-order valence-electron chi connectivity index (χ3n) is 6.22. The largest absolute Gasteiger partial charge is 0.361 e. The van der Waals surface area contributed by atoms with Crippen molar-refractivity contribution in [2.75, 3.05) is 5.32 Å². The maximum Gasteiger partial charge on any atom is 0.272 e. The molecule has 9 nitrogen and oxygen atoms in total. The SMILES string of the molecule is CCn1ccc(C(=O)N[C@H](C(=O)Nc2ccc(-c3c(C)noc3C)cn2)C2CCCCC2)n1. The zero-order valence-corrected chi connectivity index (χ0v) is 19.3. The normalized spacial score (nSPS) is 15.2. The van der Waals surface area contributed by atoms with Gasteiger partial charge in [0.15, 0.2) is 0 Å². The first-order chi connectivity index (χ1) is 16.0. The summed E-state index contributed by atoms with van der Waals surface area (Å²) in [6.07, 6.45) is 8.52. The monoisotopic (exact) mass is 450 g/mol. The molecule has 1 fully saturated rings. The van der Waals surface area contributed by atoms with Crippen molar-refractivity contribution in [1.29, 1.82) is 0 Å². The molecule has 0 unspecified atom stereocenters. The number of carbonyl (C=O) groups is 2. The van der Waals surface area contributed by atoms with Crippen molar-refractivity contribution in [3.63, 3.8) is 0 Å². The van der Waals surface area contributed by atoms with E-state index in [0.717, 1.165) is 54.7 Å². The molecule has 3 aromatic heterocycles. The van der Waals surface area contributed by atoms with E-state index in [2.05, 4.69) is 25.9 Å². The summed E-state index contributed by atoms with van der Waals surface area (Å²) in [4.78, 5) is 30.5. The van der Waals surface area contributed by atoms with Crippen LogP contribution in [0.15, 0.2) is 35.1 Å². The minimum atomic E-state index is -0.645. The van der Waals surface area contributed by atoms with Gasteiger partial charge in [-0.05, 0) is 57.7 Å². The Kier molecular flexibility index (Phi) is 6.86. The van der Waals surface area contributed by atoms with E-state index < -0.39 is 6.04 Å². The molecule has 3 aromatic rings. The maximum absolute atomic E-state index is 13.2. The van der Waals surface area contributed by atoms with Crippen LogP contribution in [-0.4, -0.2) is 37.8 Å². The first-order valence-electron chi connectivity index (χ1n) is 11.5. The van der Waals surface area contributed by atoms with Crippen molar-refractivity contribution in [1.82, 2.24) is 25.2 Å². The zero-order valence-electron chi connectivity index (χ0n) is 19.3. The van der Waals surface area contributed by atoms with Gasteiger partial charge in [0, 0.05) is 30.1 Å². The van der Waals surface area contributed by atoms with Crippen molar-refractivity contribution in [2.24, 2.45) is 5.92 Å². The Labute approximate surface area is 192 Å². The Balaban J connectivity index is 1.49. The van der Waals surface area contributed by atoms with Crippen molar-refractivity contribution < 1.29 is 14.1 Å². The molecule has 9 heteroatoms. The number of aromatic nitrogens is 4. The molecule has 1 saturated carbocycles. The number of anilines is 1. The average molecular weight is 451 g/mol. The van der Waals surface area contributed by atoms with Crippen LogP contribution in [0.5, 0.6) is 0 Å². The van der Waals surface area contributed by atoms with E-state index in [1.165, 1.54) is 0 Å². The van der Waals surface area contributed by atoms with Crippen LogP contribution < -0.4 is 10.6 Å². The van der Waals surface area contributed by atoms with Crippen LogP contribution in [0.3, 0.4) is 0 Å². The lowest BCUT2D eigenvalue weighted by Gasteiger charge is -2.29. The fraction of sp³-hybridized carbons (Fsp3) is 0.458. The molecule has 2 amide bonds. The van der Waals surface area contributed by atoms with Crippen molar-refractivity contribution in [2.45, 2.75) is 65.5 Å². The van der Waals surface area contributed by atoms with Gasteiger partial charge in [-0.25, -0.2) is 4.98 Å². The first-order valence-corrected chi connectivity index (χ1v) is 11.5. The van der Waals surface area contributed by atoms with Gasteiger partial charge in [-0.1, -0.05) is 24.4 Å². The third kappa shape index (κ3) is 5.13. The van der Waals surface area contributed by atoms with Gasteiger partial charge in [0.05, 0.1) is 5.69 Å². The van der Waals surface area contributed by atoms with E-state index in [0.29, 0.717) is 18.1 Å².